The van der Waals surface area contributed by atoms with E-state index < -0.39 is 5.54 Å². The highest BCUT2D eigenvalue weighted by molar-refractivity contribution is 6.00. The highest BCUT2D eigenvalue weighted by Gasteiger charge is 2.58. The van der Waals surface area contributed by atoms with Crippen molar-refractivity contribution in [2.45, 2.75) is 82.8 Å². The molecule has 20 heavy (non-hydrogen) atoms. The van der Waals surface area contributed by atoms with E-state index in [9.17, 15) is 9.59 Å². The summed E-state index contributed by atoms with van der Waals surface area (Å²) >= 11 is 0. The highest BCUT2D eigenvalue weighted by Crippen LogP contribution is 2.45. The van der Waals surface area contributed by atoms with Crippen LogP contribution in [-0.4, -0.2) is 33.8 Å². The van der Waals surface area contributed by atoms with Crippen LogP contribution in [-0.2, 0) is 9.59 Å². The zero-order chi connectivity index (χ0) is 14.5. The second-order valence-electron chi connectivity index (χ2n) is 7.49. The van der Waals surface area contributed by atoms with E-state index in [0.29, 0.717) is 0 Å². The summed E-state index contributed by atoms with van der Waals surface area (Å²) in [6, 6.07) is -0.293. The number of carbonyl (C=O) groups excluding carboxylic acids is 2. The van der Waals surface area contributed by atoms with Gasteiger partial charge in [0.25, 0.3) is 0 Å². The first-order valence-corrected chi connectivity index (χ1v) is 8.05. The van der Waals surface area contributed by atoms with Crippen molar-refractivity contribution in [1.29, 1.82) is 0 Å². The molecule has 3 aliphatic rings. The van der Waals surface area contributed by atoms with Gasteiger partial charge in [0.05, 0.1) is 0 Å². The molecule has 2 saturated carbocycles. The van der Waals surface area contributed by atoms with E-state index in [4.69, 9.17) is 0 Å². The fourth-order valence-corrected chi connectivity index (χ4v) is 4.27. The van der Waals surface area contributed by atoms with E-state index in [1.165, 1.54) is 6.42 Å². The Labute approximate surface area is 121 Å². The molecule has 1 atom stereocenters. The summed E-state index contributed by atoms with van der Waals surface area (Å²) in [6.07, 6.45) is 6.95. The summed E-state index contributed by atoms with van der Waals surface area (Å²) in [7, 11) is 0. The summed E-state index contributed by atoms with van der Waals surface area (Å²) < 4.78 is 0. The van der Waals surface area contributed by atoms with Gasteiger partial charge >= 0.3 is 0 Å². The number of nitrogens with one attached hydrogen (secondary N) is 1. The molecule has 1 N–H and O–H groups in total. The maximum absolute atomic E-state index is 13.2. The number of amides is 2. The normalized spacial score (nSPS) is 31.6. The first kappa shape index (κ1) is 13.9. The number of piperazine rings is 1. The van der Waals surface area contributed by atoms with Crippen LogP contribution in [0.5, 0.6) is 0 Å². The molecular formula is C16H26N2O2. The maximum atomic E-state index is 13.2. The summed E-state index contributed by atoms with van der Waals surface area (Å²) in [6.45, 7) is 6.24. The van der Waals surface area contributed by atoms with Crippen molar-refractivity contribution in [3.8, 4) is 0 Å². The minimum absolute atomic E-state index is 0.0645. The van der Waals surface area contributed by atoms with E-state index >= 15 is 0 Å². The third-order valence-electron chi connectivity index (χ3n) is 5.64. The standard InChI is InChI=1S/C16H26N2O2/c1-11(2)12-13(19)17-16(9-4-5-10-16)14(20)18(12)15(3)7-6-8-15/h11-12H,4-10H2,1-3H3,(H,17,19). The molecule has 1 aliphatic heterocycles. The van der Waals surface area contributed by atoms with E-state index in [0.717, 1.165) is 38.5 Å². The average Bonchev–Trinajstić information content (AvgIpc) is 2.79. The van der Waals surface area contributed by atoms with Gasteiger partial charge in [-0.05, 0) is 44.9 Å². The quantitative estimate of drug-likeness (QED) is 0.842. The molecular weight excluding hydrogens is 252 g/mol. The van der Waals surface area contributed by atoms with E-state index in [-0.39, 0.29) is 29.3 Å². The van der Waals surface area contributed by atoms with Gasteiger partial charge in [0.2, 0.25) is 11.8 Å². The molecule has 0 bridgehead atoms. The fourth-order valence-electron chi connectivity index (χ4n) is 4.27. The van der Waals surface area contributed by atoms with Crippen LogP contribution in [0.2, 0.25) is 0 Å². The van der Waals surface area contributed by atoms with E-state index in [2.05, 4.69) is 12.2 Å². The van der Waals surface area contributed by atoms with Crippen LogP contribution < -0.4 is 5.32 Å². The van der Waals surface area contributed by atoms with Gasteiger partial charge in [-0.3, -0.25) is 9.59 Å². The lowest BCUT2D eigenvalue weighted by atomic mass is 9.73. The Kier molecular flexibility index (Phi) is 3.11. The van der Waals surface area contributed by atoms with Gasteiger partial charge in [-0.15, -0.1) is 0 Å². The second kappa shape index (κ2) is 4.47. The van der Waals surface area contributed by atoms with Crippen molar-refractivity contribution < 1.29 is 9.59 Å². The molecule has 3 fully saturated rings. The Hall–Kier alpha value is -1.06. The lowest BCUT2D eigenvalue weighted by Gasteiger charge is -2.57. The molecule has 0 aromatic carbocycles. The summed E-state index contributed by atoms with van der Waals surface area (Å²) in [5.41, 5.74) is -0.680. The van der Waals surface area contributed by atoms with Crippen LogP contribution in [0.3, 0.4) is 0 Å². The lowest BCUT2D eigenvalue weighted by molar-refractivity contribution is -0.169. The lowest BCUT2D eigenvalue weighted by Crippen LogP contribution is -2.75. The Morgan fingerprint density at radius 3 is 2.15 bits per heavy atom. The molecule has 0 aromatic heterocycles. The topological polar surface area (TPSA) is 49.4 Å². The van der Waals surface area contributed by atoms with Crippen molar-refractivity contribution in [2.75, 3.05) is 0 Å². The molecule has 4 heteroatoms. The predicted molar refractivity (Wildman–Crippen MR) is 77.1 cm³/mol. The summed E-state index contributed by atoms with van der Waals surface area (Å²) in [5, 5.41) is 3.09. The first-order valence-electron chi connectivity index (χ1n) is 8.05. The second-order valence-corrected chi connectivity index (χ2v) is 7.49. The zero-order valence-corrected chi connectivity index (χ0v) is 12.9. The number of rotatable bonds is 2. The molecule has 0 aromatic rings. The van der Waals surface area contributed by atoms with Gasteiger partial charge < -0.3 is 10.2 Å². The molecule has 0 radical (unpaired) electrons. The van der Waals surface area contributed by atoms with Crippen LogP contribution >= 0.6 is 0 Å². The van der Waals surface area contributed by atoms with E-state index in [1.807, 2.05) is 18.7 Å². The van der Waals surface area contributed by atoms with Gasteiger partial charge in [0, 0.05) is 5.54 Å². The van der Waals surface area contributed by atoms with Gasteiger partial charge in [0.15, 0.2) is 0 Å². The number of hydrogen-bond acceptors (Lipinski definition) is 2. The number of nitrogens with zero attached hydrogens (tertiary/aromatic N) is 1. The van der Waals surface area contributed by atoms with Crippen LogP contribution in [0.1, 0.15) is 65.7 Å². The molecule has 2 amide bonds. The minimum Gasteiger partial charge on any atom is -0.340 e. The molecule has 2 aliphatic carbocycles. The average molecular weight is 278 g/mol. The molecule has 4 nitrogen and oxygen atoms in total. The smallest absolute Gasteiger partial charge is 0.249 e. The van der Waals surface area contributed by atoms with Crippen molar-refractivity contribution in [2.24, 2.45) is 5.92 Å². The predicted octanol–water partition coefficient (Wildman–Crippen LogP) is 2.22. The Morgan fingerprint density at radius 2 is 1.70 bits per heavy atom. The zero-order valence-electron chi connectivity index (χ0n) is 12.9. The first-order chi connectivity index (χ1) is 9.40. The Balaban J connectivity index is 1.99. The summed E-state index contributed by atoms with van der Waals surface area (Å²) in [5.74, 6) is 0.417. The monoisotopic (exact) mass is 278 g/mol. The van der Waals surface area contributed by atoms with Gasteiger partial charge in [-0.2, -0.15) is 0 Å². The number of carbonyl (C=O) groups is 2. The van der Waals surface area contributed by atoms with Gasteiger partial charge in [0.1, 0.15) is 11.6 Å². The maximum Gasteiger partial charge on any atom is 0.249 e. The van der Waals surface area contributed by atoms with Crippen LogP contribution in [0, 0.1) is 5.92 Å². The highest BCUT2D eigenvalue weighted by atomic mass is 16.2. The van der Waals surface area contributed by atoms with Crippen LogP contribution in [0.4, 0.5) is 0 Å². The van der Waals surface area contributed by atoms with Crippen molar-refractivity contribution >= 4 is 11.8 Å². The molecule has 1 unspecified atom stereocenters. The van der Waals surface area contributed by atoms with Gasteiger partial charge in [-0.25, -0.2) is 0 Å². The third-order valence-corrected chi connectivity index (χ3v) is 5.64. The molecule has 3 rings (SSSR count). The minimum atomic E-state index is -0.582. The summed E-state index contributed by atoms with van der Waals surface area (Å²) in [4.78, 5) is 27.8. The Morgan fingerprint density at radius 1 is 1.10 bits per heavy atom. The fraction of sp³-hybridized carbons (Fsp3) is 0.875. The molecule has 112 valence electrons. The van der Waals surface area contributed by atoms with Crippen molar-refractivity contribution in [3.05, 3.63) is 0 Å². The molecule has 1 heterocycles. The SMILES string of the molecule is CC(C)C1C(=O)NC2(CCCC2)C(=O)N1C1(C)CCC1. The number of hydrogen-bond donors (Lipinski definition) is 1. The Bertz CT molecular complexity index is 434. The van der Waals surface area contributed by atoms with Crippen LogP contribution in [0.25, 0.3) is 0 Å². The van der Waals surface area contributed by atoms with Gasteiger partial charge in [-0.1, -0.05) is 26.7 Å². The molecule has 1 spiro atoms. The molecule has 1 saturated heterocycles. The van der Waals surface area contributed by atoms with E-state index in [1.54, 1.807) is 0 Å². The van der Waals surface area contributed by atoms with Crippen LogP contribution in [0.15, 0.2) is 0 Å². The van der Waals surface area contributed by atoms with Crippen molar-refractivity contribution in [3.63, 3.8) is 0 Å². The largest absolute Gasteiger partial charge is 0.340 e. The third kappa shape index (κ3) is 1.80. The van der Waals surface area contributed by atoms with Crippen molar-refractivity contribution in [1.82, 2.24) is 10.2 Å².